The van der Waals surface area contributed by atoms with Gasteiger partial charge in [-0.25, -0.2) is 14.5 Å². The van der Waals surface area contributed by atoms with E-state index >= 15 is 0 Å². The van der Waals surface area contributed by atoms with Crippen LogP contribution in [0, 0.1) is 0 Å². The van der Waals surface area contributed by atoms with E-state index in [0.717, 1.165) is 58.2 Å². The first-order valence-electron chi connectivity index (χ1n) is 10.1. The summed E-state index contributed by atoms with van der Waals surface area (Å²) in [5.74, 6) is 0. The summed E-state index contributed by atoms with van der Waals surface area (Å²) < 4.78 is 3.47. The second-order valence-corrected chi connectivity index (χ2v) is 9.32. The Hall–Kier alpha value is -3.08. The van der Waals surface area contributed by atoms with Gasteiger partial charge in [0.1, 0.15) is 0 Å². The van der Waals surface area contributed by atoms with Crippen LogP contribution in [0.5, 0.6) is 0 Å². The van der Waals surface area contributed by atoms with Gasteiger partial charge in [0.2, 0.25) is 10.1 Å². The first kappa shape index (κ1) is 18.7. The van der Waals surface area contributed by atoms with Gasteiger partial charge in [0, 0.05) is 55.9 Å². The minimum absolute atomic E-state index is 0.0131. The lowest BCUT2D eigenvalue weighted by Gasteiger charge is -2.34. The van der Waals surface area contributed by atoms with E-state index in [1.807, 2.05) is 34.3 Å². The third-order valence-electron chi connectivity index (χ3n) is 5.49. The average molecular weight is 450 g/mol. The Labute approximate surface area is 185 Å². The molecule has 6 rings (SSSR count). The molecule has 0 atom stereocenters. The largest absolute Gasteiger partial charge is 0.344 e. The van der Waals surface area contributed by atoms with E-state index < -0.39 is 0 Å². The summed E-state index contributed by atoms with van der Waals surface area (Å²) in [5.41, 5.74) is 2.87. The van der Waals surface area contributed by atoms with Crippen LogP contribution >= 0.6 is 22.7 Å². The molecule has 0 bridgehead atoms. The van der Waals surface area contributed by atoms with Crippen LogP contribution in [0.2, 0.25) is 0 Å². The molecule has 1 saturated heterocycles. The van der Waals surface area contributed by atoms with Gasteiger partial charge in [-0.1, -0.05) is 41.7 Å². The second-order valence-electron chi connectivity index (χ2n) is 7.51. The minimum atomic E-state index is -0.0131. The number of imidazole rings is 1. The molecule has 1 aliphatic rings. The molecule has 8 nitrogen and oxygen atoms in total. The molecule has 0 saturated carbocycles. The number of hydrogen-bond donors (Lipinski definition) is 0. The Morgan fingerprint density at radius 2 is 1.84 bits per heavy atom. The average Bonchev–Trinajstić information content (AvgIpc) is 3.50. The zero-order valence-corrected chi connectivity index (χ0v) is 18.2. The smallest absolute Gasteiger partial charge is 0.258 e. The Kier molecular flexibility index (Phi) is 4.55. The van der Waals surface area contributed by atoms with Crippen molar-refractivity contribution < 1.29 is 0 Å². The van der Waals surface area contributed by atoms with Crippen LogP contribution in [0.4, 0.5) is 5.13 Å². The van der Waals surface area contributed by atoms with Crippen LogP contribution in [0.1, 0.15) is 5.69 Å². The fraction of sp³-hybridized carbons (Fsp3) is 0.238. The lowest BCUT2D eigenvalue weighted by Crippen LogP contribution is -2.46. The van der Waals surface area contributed by atoms with Gasteiger partial charge in [-0.15, -0.1) is 16.4 Å². The second kappa shape index (κ2) is 7.56. The summed E-state index contributed by atoms with van der Waals surface area (Å²) in [5, 5.41) is 7.64. The van der Waals surface area contributed by atoms with Crippen LogP contribution in [0.15, 0.2) is 59.0 Å². The molecule has 0 amide bonds. The summed E-state index contributed by atoms with van der Waals surface area (Å²) in [6.07, 6.45) is 3.76. The van der Waals surface area contributed by atoms with Crippen LogP contribution in [-0.2, 0) is 6.54 Å². The van der Waals surface area contributed by atoms with E-state index in [4.69, 9.17) is 10.1 Å². The Bertz CT molecular complexity index is 1380. The number of anilines is 1. The van der Waals surface area contributed by atoms with Gasteiger partial charge in [-0.05, 0) is 0 Å². The summed E-state index contributed by atoms with van der Waals surface area (Å²) in [6, 6.07) is 11.8. The van der Waals surface area contributed by atoms with E-state index in [1.54, 1.807) is 28.0 Å². The molecule has 0 aliphatic carbocycles. The van der Waals surface area contributed by atoms with Gasteiger partial charge >= 0.3 is 0 Å². The molecule has 1 fully saturated rings. The monoisotopic (exact) mass is 449 g/mol. The number of rotatable bonds is 4. The first-order valence-corrected chi connectivity index (χ1v) is 11.8. The molecule has 5 heterocycles. The molecular weight excluding hydrogens is 430 g/mol. The normalized spacial score (nSPS) is 15.3. The van der Waals surface area contributed by atoms with Crippen LogP contribution in [0.25, 0.3) is 21.2 Å². The molecule has 0 unspecified atom stereocenters. The maximum Gasteiger partial charge on any atom is 0.258 e. The maximum atomic E-state index is 12.2. The lowest BCUT2D eigenvalue weighted by molar-refractivity contribution is 0.247. The number of benzene rings is 1. The fourth-order valence-corrected chi connectivity index (χ4v) is 5.53. The standard InChI is InChI=1S/C21H19N7OS2/c29-18-12-16(22-19-27(18)10-11-30-19)13-25-6-8-26(9-7-25)21-24-28-14-17(23-20(28)31-21)15-4-2-1-3-5-15/h1-5,10-12,14H,6-9,13H2. The highest BCUT2D eigenvalue weighted by molar-refractivity contribution is 7.20. The highest BCUT2D eigenvalue weighted by atomic mass is 32.1. The Morgan fingerprint density at radius 1 is 1.00 bits per heavy atom. The number of hydrogen-bond acceptors (Lipinski definition) is 8. The number of fused-ring (bicyclic) bond motifs is 2. The fourth-order valence-electron chi connectivity index (χ4n) is 3.86. The zero-order chi connectivity index (χ0) is 20.8. The van der Waals surface area contributed by atoms with Crippen molar-refractivity contribution >= 4 is 37.7 Å². The van der Waals surface area contributed by atoms with Gasteiger partial charge in [-0.3, -0.25) is 14.1 Å². The molecular formula is C21H19N7OS2. The molecule has 0 N–H and O–H groups in total. The Balaban J connectivity index is 1.13. The molecule has 31 heavy (non-hydrogen) atoms. The van der Waals surface area contributed by atoms with Crippen molar-refractivity contribution in [3.05, 3.63) is 70.2 Å². The predicted molar refractivity (Wildman–Crippen MR) is 123 cm³/mol. The summed E-state index contributed by atoms with van der Waals surface area (Å²) >= 11 is 3.11. The van der Waals surface area contributed by atoms with Crippen molar-refractivity contribution in [2.45, 2.75) is 6.54 Å². The molecule has 156 valence electrons. The number of nitrogens with zero attached hydrogens (tertiary/aromatic N) is 7. The molecule has 1 aliphatic heterocycles. The van der Waals surface area contributed by atoms with Gasteiger partial charge in [0.05, 0.1) is 17.6 Å². The predicted octanol–water partition coefficient (Wildman–Crippen LogP) is 2.85. The quantitative estimate of drug-likeness (QED) is 0.420. The first-order chi connectivity index (χ1) is 15.2. The molecule has 5 aromatic rings. The molecule has 0 spiro atoms. The van der Waals surface area contributed by atoms with Gasteiger partial charge < -0.3 is 4.90 Å². The van der Waals surface area contributed by atoms with Crippen molar-refractivity contribution in [1.82, 2.24) is 28.9 Å². The van der Waals surface area contributed by atoms with Gasteiger partial charge in [-0.2, -0.15) is 0 Å². The summed E-state index contributed by atoms with van der Waals surface area (Å²) in [4.78, 5) is 27.9. The third kappa shape index (κ3) is 3.52. The highest BCUT2D eigenvalue weighted by Gasteiger charge is 2.21. The van der Waals surface area contributed by atoms with Crippen LogP contribution < -0.4 is 10.5 Å². The van der Waals surface area contributed by atoms with E-state index in [-0.39, 0.29) is 5.56 Å². The van der Waals surface area contributed by atoms with Crippen LogP contribution in [-0.4, -0.2) is 55.1 Å². The van der Waals surface area contributed by atoms with Crippen LogP contribution in [0.3, 0.4) is 0 Å². The SMILES string of the molecule is O=c1cc(CN2CCN(c3nn4cc(-c5ccccc5)nc4s3)CC2)nc2sccn12. The van der Waals surface area contributed by atoms with Crippen molar-refractivity contribution in [2.24, 2.45) is 0 Å². The number of thiazole rings is 1. The molecule has 1 aromatic carbocycles. The maximum absolute atomic E-state index is 12.2. The molecule has 4 aromatic heterocycles. The highest BCUT2D eigenvalue weighted by Crippen LogP contribution is 2.27. The van der Waals surface area contributed by atoms with E-state index in [2.05, 4.69) is 26.9 Å². The molecule has 0 radical (unpaired) electrons. The molecule has 10 heteroatoms. The number of piperazine rings is 1. The van der Waals surface area contributed by atoms with E-state index in [0.29, 0.717) is 6.54 Å². The van der Waals surface area contributed by atoms with E-state index in [9.17, 15) is 4.79 Å². The Morgan fingerprint density at radius 3 is 2.65 bits per heavy atom. The number of aromatic nitrogens is 5. The van der Waals surface area contributed by atoms with Gasteiger partial charge in [0.25, 0.3) is 5.56 Å². The van der Waals surface area contributed by atoms with Crippen molar-refractivity contribution in [2.75, 3.05) is 31.1 Å². The topological polar surface area (TPSA) is 71.0 Å². The van der Waals surface area contributed by atoms with E-state index in [1.165, 1.54) is 11.3 Å². The summed E-state index contributed by atoms with van der Waals surface area (Å²) in [7, 11) is 0. The van der Waals surface area contributed by atoms with Crippen molar-refractivity contribution in [3.8, 4) is 11.3 Å². The zero-order valence-electron chi connectivity index (χ0n) is 16.6. The third-order valence-corrected chi connectivity index (χ3v) is 7.23. The van der Waals surface area contributed by atoms with Crippen molar-refractivity contribution in [3.63, 3.8) is 0 Å². The lowest BCUT2D eigenvalue weighted by atomic mass is 10.2. The van der Waals surface area contributed by atoms with Gasteiger partial charge in [0.15, 0.2) is 4.96 Å². The summed E-state index contributed by atoms with van der Waals surface area (Å²) in [6.45, 7) is 4.29. The minimum Gasteiger partial charge on any atom is -0.344 e. The van der Waals surface area contributed by atoms with Crippen molar-refractivity contribution in [1.29, 1.82) is 0 Å².